The number of carbonyl (C=O) groups excluding carboxylic acids is 1. The van der Waals surface area contributed by atoms with Gasteiger partial charge in [0, 0.05) is 11.3 Å². The molecule has 1 aliphatic rings. The minimum absolute atomic E-state index is 0.138. The van der Waals surface area contributed by atoms with E-state index in [0.717, 1.165) is 24.3 Å². The quantitative estimate of drug-likeness (QED) is 0.677. The highest BCUT2D eigenvalue weighted by molar-refractivity contribution is 5.93. The van der Waals surface area contributed by atoms with Gasteiger partial charge in [-0.2, -0.15) is 0 Å². The number of nitrogens with two attached hydrogens (primary N) is 1. The summed E-state index contributed by atoms with van der Waals surface area (Å²) in [7, 11) is 0. The second kappa shape index (κ2) is 4.45. The van der Waals surface area contributed by atoms with Crippen molar-refractivity contribution in [2.24, 2.45) is 11.7 Å². The van der Waals surface area contributed by atoms with Crippen LogP contribution in [0, 0.1) is 5.92 Å². The summed E-state index contributed by atoms with van der Waals surface area (Å²) in [6.07, 6.45) is 6.07. The molecular formula is C11H19NO. The molecule has 0 amide bonds. The minimum Gasteiger partial charge on any atom is -0.402 e. The molecule has 2 nitrogen and oxygen atoms in total. The lowest BCUT2D eigenvalue weighted by atomic mass is 9.81. The summed E-state index contributed by atoms with van der Waals surface area (Å²) in [6.45, 7) is 3.42. The summed E-state index contributed by atoms with van der Waals surface area (Å²) in [5, 5.41) is 0. The van der Waals surface area contributed by atoms with Crippen molar-refractivity contribution in [2.75, 3.05) is 0 Å². The van der Waals surface area contributed by atoms with E-state index in [-0.39, 0.29) is 5.78 Å². The van der Waals surface area contributed by atoms with Gasteiger partial charge < -0.3 is 5.73 Å². The Kier molecular flexibility index (Phi) is 3.52. The van der Waals surface area contributed by atoms with Crippen molar-refractivity contribution in [1.82, 2.24) is 0 Å². The number of carbonyl (C=O) groups is 1. The van der Waals surface area contributed by atoms with E-state index in [0.29, 0.717) is 5.70 Å². The van der Waals surface area contributed by atoms with Crippen molar-refractivity contribution in [2.45, 2.75) is 46.0 Å². The summed E-state index contributed by atoms with van der Waals surface area (Å²) >= 11 is 0. The molecule has 2 N–H and O–H groups in total. The molecule has 1 rings (SSSR count). The second-order valence-electron chi connectivity index (χ2n) is 4.05. The van der Waals surface area contributed by atoms with E-state index in [9.17, 15) is 4.79 Å². The molecule has 1 aliphatic carbocycles. The van der Waals surface area contributed by atoms with Crippen LogP contribution in [0.25, 0.3) is 0 Å². The number of ketones is 1. The van der Waals surface area contributed by atoms with Crippen molar-refractivity contribution >= 4 is 5.78 Å². The van der Waals surface area contributed by atoms with Crippen LogP contribution >= 0.6 is 0 Å². The lowest BCUT2D eigenvalue weighted by Gasteiger charge is -2.25. The SMILES string of the molecule is CC(=O)C(CCC1CCC1)=C(C)N. The monoisotopic (exact) mass is 181 g/mol. The van der Waals surface area contributed by atoms with E-state index >= 15 is 0 Å². The van der Waals surface area contributed by atoms with Crippen LogP contribution in [0.2, 0.25) is 0 Å². The molecule has 0 spiro atoms. The molecular weight excluding hydrogens is 162 g/mol. The zero-order chi connectivity index (χ0) is 9.84. The van der Waals surface area contributed by atoms with Crippen molar-refractivity contribution < 1.29 is 4.79 Å². The Balaban J connectivity index is 2.39. The molecule has 0 radical (unpaired) electrons. The predicted molar refractivity (Wildman–Crippen MR) is 54.1 cm³/mol. The molecule has 0 aromatic rings. The first-order valence-corrected chi connectivity index (χ1v) is 5.07. The Hall–Kier alpha value is -0.790. The van der Waals surface area contributed by atoms with Gasteiger partial charge in [0.1, 0.15) is 0 Å². The van der Waals surface area contributed by atoms with Gasteiger partial charge in [0.05, 0.1) is 0 Å². The third-order valence-electron chi connectivity index (χ3n) is 2.93. The van der Waals surface area contributed by atoms with Crippen LogP contribution in [0.15, 0.2) is 11.3 Å². The molecule has 0 saturated heterocycles. The van der Waals surface area contributed by atoms with E-state index in [2.05, 4.69) is 0 Å². The highest BCUT2D eigenvalue weighted by Crippen LogP contribution is 2.31. The summed E-state index contributed by atoms with van der Waals surface area (Å²) in [6, 6.07) is 0. The summed E-state index contributed by atoms with van der Waals surface area (Å²) < 4.78 is 0. The molecule has 1 saturated carbocycles. The van der Waals surface area contributed by atoms with Crippen LogP contribution in [-0.4, -0.2) is 5.78 Å². The Morgan fingerprint density at radius 2 is 2.00 bits per heavy atom. The first kappa shape index (κ1) is 10.3. The average Bonchev–Trinajstić information content (AvgIpc) is 1.92. The molecule has 0 aromatic carbocycles. The fourth-order valence-corrected chi connectivity index (χ4v) is 1.78. The molecule has 0 atom stereocenters. The molecule has 0 heterocycles. The van der Waals surface area contributed by atoms with Crippen LogP contribution in [0.1, 0.15) is 46.0 Å². The van der Waals surface area contributed by atoms with Gasteiger partial charge >= 0.3 is 0 Å². The van der Waals surface area contributed by atoms with Gasteiger partial charge in [-0.05, 0) is 32.6 Å². The Bertz CT molecular complexity index is 222. The van der Waals surface area contributed by atoms with Crippen LogP contribution in [0.5, 0.6) is 0 Å². The maximum absolute atomic E-state index is 11.2. The van der Waals surface area contributed by atoms with Crippen LogP contribution in [0.4, 0.5) is 0 Å². The summed E-state index contributed by atoms with van der Waals surface area (Å²) in [5.74, 6) is 0.994. The van der Waals surface area contributed by atoms with Crippen LogP contribution in [0.3, 0.4) is 0 Å². The number of Topliss-reactive ketones (excluding diaryl/α,β-unsaturated/α-hetero) is 1. The van der Waals surface area contributed by atoms with Gasteiger partial charge in [0.15, 0.2) is 5.78 Å². The van der Waals surface area contributed by atoms with Crippen LogP contribution < -0.4 is 5.73 Å². The van der Waals surface area contributed by atoms with E-state index < -0.39 is 0 Å². The normalized spacial score (nSPS) is 19.2. The molecule has 1 fully saturated rings. The van der Waals surface area contributed by atoms with E-state index in [1.807, 2.05) is 6.92 Å². The van der Waals surface area contributed by atoms with Gasteiger partial charge in [-0.1, -0.05) is 19.3 Å². The van der Waals surface area contributed by atoms with Crippen molar-refractivity contribution in [1.29, 1.82) is 0 Å². The maximum atomic E-state index is 11.2. The summed E-state index contributed by atoms with van der Waals surface area (Å²) in [5.41, 5.74) is 7.18. The third-order valence-corrected chi connectivity index (χ3v) is 2.93. The van der Waals surface area contributed by atoms with E-state index in [4.69, 9.17) is 5.73 Å². The van der Waals surface area contributed by atoms with Crippen molar-refractivity contribution in [3.8, 4) is 0 Å². The third kappa shape index (κ3) is 2.87. The Morgan fingerprint density at radius 3 is 2.31 bits per heavy atom. The van der Waals surface area contributed by atoms with Gasteiger partial charge in [0.25, 0.3) is 0 Å². The summed E-state index contributed by atoms with van der Waals surface area (Å²) in [4.78, 5) is 11.2. The largest absolute Gasteiger partial charge is 0.402 e. The molecule has 0 aromatic heterocycles. The van der Waals surface area contributed by atoms with Gasteiger partial charge in [0.2, 0.25) is 0 Å². The Labute approximate surface area is 80.2 Å². The maximum Gasteiger partial charge on any atom is 0.157 e. The predicted octanol–water partition coefficient (Wildman–Crippen LogP) is 2.39. The van der Waals surface area contributed by atoms with E-state index in [1.165, 1.54) is 19.3 Å². The molecule has 2 heteroatoms. The topological polar surface area (TPSA) is 43.1 Å². The first-order chi connectivity index (χ1) is 6.11. The fraction of sp³-hybridized carbons (Fsp3) is 0.727. The smallest absolute Gasteiger partial charge is 0.157 e. The zero-order valence-electron chi connectivity index (χ0n) is 8.60. The van der Waals surface area contributed by atoms with Crippen LogP contribution in [-0.2, 0) is 4.79 Å². The fourth-order valence-electron chi connectivity index (χ4n) is 1.78. The average molecular weight is 181 g/mol. The second-order valence-corrected chi connectivity index (χ2v) is 4.05. The molecule has 0 bridgehead atoms. The van der Waals surface area contributed by atoms with Crippen molar-refractivity contribution in [3.63, 3.8) is 0 Å². The van der Waals surface area contributed by atoms with E-state index in [1.54, 1.807) is 6.92 Å². The van der Waals surface area contributed by atoms with Gasteiger partial charge in [-0.25, -0.2) is 0 Å². The van der Waals surface area contributed by atoms with Crippen molar-refractivity contribution in [3.05, 3.63) is 11.3 Å². The Morgan fingerprint density at radius 1 is 1.38 bits per heavy atom. The lowest BCUT2D eigenvalue weighted by molar-refractivity contribution is -0.113. The molecule has 74 valence electrons. The van der Waals surface area contributed by atoms with Gasteiger partial charge in [-0.15, -0.1) is 0 Å². The molecule has 0 aliphatic heterocycles. The van der Waals surface area contributed by atoms with Gasteiger partial charge in [-0.3, -0.25) is 4.79 Å². The standard InChI is InChI=1S/C11H19NO/c1-8(12)11(9(2)13)7-6-10-4-3-5-10/h10H,3-7,12H2,1-2H3. The zero-order valence-corrected chi connectivity index (χ0v) is 8.60. The number of hydrogen-bond acceptors (Lipinski definition) is 2. The highest BCUT2D eigenvalue weighted by Gasteiger charge is 2.18. The molecule has 0 unspecified atom stereocenters. The highest BCUT2D eigenvalue weighted by atomic mass is 16.1. The first-order valence-electron chi connectivity index (χ1n) is 5.07. The minimum atomic E-state index is 0.138. The lowest BCUT2D eigenvalue weighted by Crippen LogP contribution is -2.13. The molecule has 13 heavy (non-hydrogen) atoms. The number of hydrogen-bond donors (Lipinski definition) is 1. The number of allylic oxidation sites excluding steroid dienone is 2. The number of rotatable bonds is 4.